The third kappa shape index (κ3) is 3.88. The number of hydrogen-bond acceptors (Lipinski definition) is 6. The molecule has 0 spiro atoms. The number of imide groups is 1. The van der Waals surface area contributed by atoms with E-state index in [1.807, 2.05) is 0 Å². The number of benzene rings is 1. The van der Waals surface area contributed by atoms with Gasteiger partial charge in [-0.05, 0) is 55.8 Å². The molecule has 0 aliphatic carbocycles. The van der Waals surface area contributed by atoms with E-state index in [0.29, 0.717) is 23.4 Å². The van der Waals surface area contributed by atoms with Crippen molar-refractivity contribution in [2.24, 2.45) is 0 Å². The van der Waals surface area contributed by atoms with Crippen LogP contribution in [-0.2, 0) is 27.8 Å². The molecule has 1 aromatic heterocycles. The van der Waals surface area contributed by atoms with Gasteiger partial charge in [0.2, 0.25) is 0 Å². The van der Waals surface area contributed by atoms with Crippen LogP contribution >= 0.6 is 0 Å². The van der Waals surface area contributed by atoms with E-state index < -0.39 is 37.7 Å². The Morgan fingerprint density at radius 1 is 1.10 bits per heavy atom. The van der Waals surface area contributed by atoms with Gasteiger partial charge in [0.25, 0.3) is 15.7 Å². The van der Waals surface area contributed by atoms with Crippen molar-refractivity contribution in [2.75, 3.05) is 4.90 Å². The summed E-state index contributed by atoms with van der Waals surface area (Å²) < 4.78 is 61.2. The average Bonchev–Trinajstić information content (AvgIpc) is 2.87. The van der Waals surface area contributed by atoms with Crippen molar-refractivity contribution in [3.8, 4) is 0 Å². The van der Waals surface area contributed by atoms with E-state index in [0.717, 1.165) is 17.0 Å². The van der Waals surface area contributed by atoms with E-state index in [1.165, 1.54) is 24.9 Å². The van der Waals surface area contributed by atoms with Crippen molar-refractivity contribution in [3.63, 3.8) is 0 Å². The van der Waals surface area contributed by atoms with Gasteiger partial charge in [-0.1, -0.05) is 0 Å². The molecule has 2 aromatic rings. The monoisotopic (exact) mass is 457 g/mol. The third-order valence-electron chi connectivity index (χ3n) is 4.92. The number of anilines is 1. The molecular weight excluding hydrogens is 439 g/mol. The second-order valence-corrected chi connectivity index (χ2v) is 9.27. The van der Waals surface area contributed by atoms with Gasteiger partial charge in [-0.15, -0.1) is 0 Å². The first-order valence-corrected chi connectivity index (χ1v) is 10.4. The molecule has 1 N–H and O–H groups in total. The zero-order valence-electron chi connectivity index (χ0n) is 16.4. The smallest absolute Gasteiger partial charge is 0.390 e. The van der Waals surface area contributed by atoms with Crippen molar-refractivity contribution < 1.29 is 36.3 Å². The number of aliphatic hydroxyl groups excluding tert-OH is 1. The number of carbonyl (C=O) groups excluding carboxylic acids is 2. The maximum Gasteiger partial charge on any atom is 0.501 e. The highest BCUT2D eigenvalue weighted by molar-refractivity contribution is 7.92. The Morgan fingerprint density at radius 3 is 2.26 bits per heavy atom. The summed E-state index contributed by atoms with van der Waals surface area (Å²) in [4.78, 5) is 30.9. The standard InChI is InChI=1S/C19H18F3N3O5S/c1-18(2)16(27)25(14-3-5-15(6-4-14)31(29,30)19(20,21)22)17(28)24(18)10-12-7-8-23-13(9-12)11-26/h3-9,26H,10-11H2,1-2H3. The second kappa shape index (κ2) is 7.61. The lowest BCUT2D eigenvalue weighted by Gasteiger charge is -2.27. The first-order chi connectivity index (χ1) is 14.3. The molecule has 0 atom stereocenters. The lowest BCUT2D eigenvalue weighted by molar-refractivity contribution is -0.123. The Bertz CT molecular complexity index is 1130. The molecule has 3 rings (SSSR count). The molecule has 3 amide bonds. The van der Waals surface area contributed by atoms with E-state index in [-0.39, 0.29) is 18.8 Å². The van der Waals surface area contributed by atoms with Crippen LogP contribution in [0.2, 0.25) is 0 Å². The number of hydrogen-bond donors (Lipinski definition) is 1. The molecule has 2 heterocycles. The summed E-state index contributed by atoms with van der Waals surface area (Å²) in [5.41, 5.74) is -5.81. The highest BCUT2D eigenvalue weighted by Crippen LogP contribution is 2.35. The number of rotatable bonds is 5. The summed E-state index contributed by atoms with van der Waals surface area (Å²) in [6, 6.07) is 5.83. The van der Waals surface area contributed by atoms with E-state index in [1.54, 1.807) is 12.1 Å². The fraction of sp³-hybridized carbons (Fsp3) is 0.316. The maximum atomic E-state index is 13.0. The molecule has 0 radical (unpaired) electrons. The maximum absolute atomic E-state index is 13.0. The van der Waals surface area contributed by atoms with Crippen molar-refractivity contribution in [3.05, 3.63) is 53.9 Å². The number of aliphatic hydroxyl groups is 1. The number of nitrogens with zero attached hydrogens (tertiary/aromatic N) is 3. The van der Waals surface area contributed by atoms with Gasteiger partial charge in [0.05, 0.1) is 22.9 Å². The van der Waals surface area contributed by atoms with Gasteiger partial charge in [-0.3, -0.25) is 9.78 Å². The Labute approximate surface area is 175 Å². The molecule has 1 aromatic carbocycles. The predicted molar refractivity (Wildman–Crippen MR) is 102 cm³/mol. The lowest BCUT2D eigenvalue weighted by atomic mass is 10.0. The molecule has 8 nitrogen and oxygen atoms in total. The minimum Gasteiger partial charge on any atom is -0.390 e. The van der Waals surface area contributed by atoms with Crippen LogP contribution in [0.5, 0.6) is 0 Å². The van der Waals surface area contributed by atoms with Crippen LogP contribution in [0.25, 0.3) is 0 Å². The zero-order valence-corrected chi connectivity index (χ0v) is 17.2. The van der Waals surface area contributed by atoms with Crippen LogP contribution in [0.15, 0.2) is 47.5 Å². The van der Waals surface area contributed by atoms with E-state index in [4.69, 9.17) is 0 Å². The summed E-state index contributed by atoms with van der Waals surface area (Å²) in [5, 5.41) is 9.22. The van der Waals surface area contributed by atoms with E-state index >= 15 is 0 Å². The highest BCUT2D eigenvalue weighted by Gasteiger charge is 2.52. The van der Waals surface area contributed by atoms with Gasteiger partial charge in [-0.2, -0.15) is 13.2 Å². The summed E-state index contributed by atoms with van der Waals surface area (Å²) in [5.74, 6) is -0.625. The fourth-order valence-corrected chi connectivity index (χ4v) is 3.89. The second-order valence-electron chi connectivity index (χ2n) is 7.32. The number of urea groups is 1. The Balaban J connectivity index is 1.92. The number of sulfone groups is 1. The van der Waals surface area contributed by atoms with Crippen molar-refractivity contribution in [2.45, 2.75) is 42.9 Å². The third-order valence-corrected chi connectivity index (χ3v) is 6.42. The number of carbonyl (C=O) groups is 2. The number of aromatic nitrogens is 1. The summed E-state index contributed by atoms with van der Waals surface area (Å²) in [7, 11) is -5.55. The zero-order chi connectivity index (χ0) is 23.2. The molecule has 0 bridgehead atoms. The van der Waals surface area contributed by atoms with Gasteiger partial charge in [0.15, 0.2) is 0 Å². The fourth-order valence-electron chi connectivity index (χ4n) is 3.13. The lowest BCUT2D eigenvalue weighted by Crippen LogP contribution is -2.43. The molecule has 12 heteroatoms. The summed E-state index contributed by atoms with van der Waals surface area (Å²) in [6.45, 7) is 2.75. The van der Waals surface area contributed by atoms with Crippen LogP contribution < -0.4 is 4.90 Å². The molecule has 1 aliphatic heterocycles. The first kappa shape index (κ1) is 22.7. The average molecular weight is 457 g/mol. The molecule has 1 saturated heterocycles. The van der Waals surface area contributed by atoms with Crippen molar-refractivity contribution >= 4 is 27.5 Å². The molecule has 1 aliphatic rings. The normalized spacial score (nSPS) is 16.8. The number of pyridine rings is 1. The Kier molecular flexibility index (Phi) is 5.57. The highest BCUT2D eigenvalue weighted by atomic mass is 32.2. The van der Waals surface area contributed by atoms with Gasteiger partial charge in [-0.25, -0.2) is 18.1 Å². The quantitative estimate of drug-likeness (QED) is 0.692. The van der Waals surface area contributed by atoms with Crippen molar-refractivity contribution in [1.82, 2.24) is 9.88 Å². The van der Waals surface area contributed by atoms with Gasteiger partial charge < -0.3 is 10.0 Å². The molecule has 166 valence electrons. The first-order valence-electron chi connectivity index (χ1n) is 8.93. The number of amides is 3. The predicted octanol–water partition coefficient (Wildman–Crippen LogP) is 2.61. The van der Waals surface area contributed by atoms with Crippen LogP contribution in [0.4, 0.5) is 23.7 Å². The molecule has 1 fully saturated rings. The number of halogens is 3. The SMILES string of the molecule is CC1(C)C(=O)N(c2ccc(S(=O)(=O)C(F)(F)F)cc2)C(=O)N1Cc1ccnc(CO)c1. The van der Waals surface area contributed by atoms with Crippen LogP contribution in [0, 0.1) is 0 Å². The van der Waals surface area contributed by atoms with E-state index in [2.05, 4.69) is 4.98 Å². The Hall–Kier alpha value is -2.99. The molecular formula is C19H18F3N3O5S. The molecule has 0 saturated carbocycles. The molecule has 0 unspecified atom stereocenters. The number of alkyl halides is 3. The van der Waals surface area contributed by atoms with Gasteiger partial charge in [0.1, 0.15) is 5.54 Å². The van der Waals surface area contributed by atoms with Gasteiger partial charge >= 0.3 is 11.5 Å². The molecule has 31 heavy (non-hydrogen) atoms. The Morgan fingerprint density at radius 2 is 1.71 bits per heavy atom. The van der Waals surface area contributed by atoms with Crippen molar-refractivity contribution in [1.29, 1.82) is 0 Å². The summed E-state index contributed by atoms with van der Waals surface area (Å²) in [6.07, 6.45) is 1.45. The largest absolute Gasteiger partial charge is 0.501 e. The summed E-state index contributed by atoms with van der Waals surface area (Å²) >= 11 is 0. The topological polar surface area (TPSA) is 108 Å². The van der Waals surface area contributed by atoms with Crippen LogP contribution in [0.1, 0.15) is 25.1 Å². The van der Waals surface area contributed by atoms with Crippen LogP contribution in [-0.4, -0.2) is 46.4 Å². The van der Waals surface area contributed by atoms with Gasteiger partial charge in [0, 0.05) is 12.7 Å². The minimum absolute atomic E-state index is 0.0180. The van der Waals surface area contributed by atoms with Crippen LogP contribution in [0.3, 0.4) is 0 Å². The van der Waals surface area contributed by atoms with E-state index in [9.17, 15) is 36.3 Å². The minimum atomic E-state index is -5.55.